The number of benzene rings is 1. The third-order valence-electron chi connectivity index (χ3n) is 4.26. The molecular weight excluding hydrogens is 316 g/mol. The van der Waals surface area contributed by atoms with Gasteiger partial charge in [-0.2, -0.15) is 9.78 Å². The second-order valence-electron chi connectivity index (χ2n) is 5.91. The van der Waals surface area contributed by atoms with Gasteiger partial charge in [-0.05, 0) is 44.2 Å². The number of carbonyl (C=O) groups is 1. The molecule has 6 nitrogen and oxygen atoms in total. The first-order chi connectivity index (χ1) is 12.1. The summed E-state index contributed by atoms with van der Waals surface area (Å²) in [6, 6.07) is 15.5. The number of aromatic carboxylic acids is 1. The molecule has 0 aliphatic heterocycles. The molecule has 6 heteroatoms. The maximum absolute atomic E-state index is 11.7. The van der Waals surface area contributed by atoms with Gasteiger partial charge in [-0.3, -0.25) is 0 Å². The van der Waals surface area contributed by atoms with Gasteiger partial charge in [-0.15, -0.1) is 0 Å². The number of nitrogens with zero attached hydrogens (tertiary/aromatic N) is 4. The summed E-state index contributed by atoms with van der Waals surface area (Å²) in [5, 5.41) is 14.9. The van der Waals surface area contributed by atoms with Crippen LogP contribution in [0.4, 0.5) is 0 Å². The van der Waals surface area contributed by atoms with Crippen LogP contribution in [0.15, 0.2) is 54.7 Å². The molecule has 0 saturated carbocycles. The lowest BCUT2D eigenvalue weighted by molar-refractivity contribution is 0.0697. The van der Waals surface area contributed by atoms with Crippen molar-refractivity contribution in [3.05, 3.63) is 71.7 Å². The molecule has 0 bridgehead atoms. The summed E-state index contributed by atoms with van der Waals surface area (Å²) in [6.07, 6.45) is 1.37. The number of hydrogen-bond donors (Lipinski definition) is 1. The summed E-state index contributed by atoms with van der Waals surface area (Å²) in [6.45, 7) is 3.87. The van der Waals surface area contributed by atoms with Crippen molar-refractivity contribution in [1.29, 1.82) is 0 Å². The van der Waals surface area contributed by atoms with Gasteiger partial charge in [0.15, 0.2) is 11.6 Å². The van der Waals surface area contributed by atoms with Crippen LogP contribution in [0.1, 0.15) is 21.7 Å². The minimum atomic E-state index is -1.02. The standard InChI is InChI=1S/C19H16N4O2/c1-12-7-8-13(2)22(12)18-15(19(24)25)11-20-23(18)17-10-9-14-5-3-4-6-16(14)21-17/h3-11H,1-2H3,(H,24,25). The molecule has 0 radical (unpaired) electrons. The van der Waals surface area contributed by atoms with Crippen molar-refractivity contribution in [3.63, 3.8) is 0 Å². The quantitative estimate of drug-likeness (QED) is 0.623. The highest BCUT2D eigenvalue weighted by atomic mass is 16.4. The summed E-state index contributed by atoms with van der Waals surface area (Å²) in [4.78, 5) is 16.4. The van der Waals surface area contributed by atoms with Crippen molar-refractivity contribution < 1.29 is 9.90 Å². The number of aryl methyl sites for hydroxylation is 2. The highest BCUT2D eigenvalue weighted by Gasteiger charge is 2.22. The number of aromatic nitrogens is 4. The Morgan fingerprint density at radius 3 is 2.44 bits per heavy atom. The number of para-hydroxylation sites is 1. The zero-order chi connectivity index (χ0) is 17.6. The summed E-state index contributed by atoms with van der Waals surface area (Å²) in [5.74, 6) is 0.0403. The first kappa shape index (κ1) is 15.1. The molecule has 3 heterocycles. The number of carboxylic acid groups (broad SMARTS) is 1. The molecule has 0 fully saturated rings. The molecule has 4 aromatic rings. The Bertz CT molecular complexity index is 1090. The number of fused-ring (bicyclic) bond motifs is 1. The Kier molecular flexibility index (Phi) is 3.39. The van der Waals surface area contributed by atoms with Crippen LogP contribution in [0.25, 0.3) is 22.5 Å². The number of rotatable bonds is 3. The minimum Gasteiger partial charge on any atom is -0.477 e. The highest BCUT2D eigenvalue weighted by Crippen LogP contribution is 2.24. The van der Waals surface area contributed by atoms with E-state index in [1.807, 2.05) is 66.9 Å². The lowest BCUT2D eigenvalue weighted by atomic mass is 10.2. The molecule has 0 aliphatic carbocycles. The van der Waals surface area contributed by atoms with E-state index < -0.39 is 5.97 Å². The molecule has 1 aromatic carbocycles. The van der Waals surface area contributed by atoms with E-state index in [1.54, 1.807) is 4.68 Å². The average molecular weight is 332 g/mol. The fourth-order valence-corrected chi connectivity index (χ4v) is 3.05. The van der Waals surface area contributed by atoms with Gasteiger partial charge in [0.1, 0.15) is 5.56 Å². The lowest BCUT2D eigenvalue weighted by Crippen LogP contribution is -2.12. The van der Waals surface area contributed by atoms with Crippen LogP contribution in [0, 0.1) is 13.8 Å². The van der Waals surface area contributed by atoms with E-state index in [2.05, 4.69) is 10.1 Å². The normalized spacial score (nSPS) is 11.1. The molecule has 25 heavy (non-hydrogen) atoms. The van der Waals surface area contributed by atoms with Crippen LogP contribution in [0.5, 0.6) is 0 Å². The topological polar surface area (TPSA) is 72.9 Å². The molecule has 0 unspecified atom stereocenters. The van der Waals surface area contributed by atoms with E-state index in [-0.39, 0.29) is 5.56 Å². The van der Waals surface area contributed by atoms with E-state index in [9.17, 15) is 9.90 Å². The van der Waals surface area contributed by atoms with Crippen molar-refractivity contribution in [1.82, 2.24) is 19.3 Å². The SMILES string of the molecule is Cc1ccc(C)n1-c1c(C(=O)O)cnn1-c1ccc2ccccc2n1. The fourth-order valence-electron chi connectivity index (χ4n) is 3.05. The van der Waals surface area contributed by atoms with Crippen molar-refractivity contribution in [2.45, 2.75) is 13.8 Å². The second-order valence-corrected chi connectivity index (χ2v) is 5.91. The Morgan fingerprint density at radius 1 is 1.00 bits per heavy atom. The summed E-state index contributed by atoms with van der Waals surface area (Å²) in [7, 11) is 0. The van der Waals surface area contributed by atoms with E-state index in [1.165, 1.54) is 6.20 Å². The van der Waals surface area contributed by atoms with Gasteiger partial charge in [-0.1, -0.05) is 18.2 Å². The zero-order valence-electron chi connectivity index (χ0n) is 13.8. The molecule has 0 saturated heterocycles. The molecule has 4 rings (SSSR count). The largest absolute Gasteiger partial charge is 0.477 e. The van der Waals surface area contributed by atoms with Crippen LogP contribution in [0.2, 0.25) is 0 Å². The van der Waals surface area contributed by atoms with Crippen LogP contribution < -0.4 is 0 Å². The van der Waals surface area contributed by atoms with Crippen LogP contribution in [-0.4, -0.2) is 30.4 Å². The van der Waals surface area contributed by atoms with Crippen molar-refractivity contribution >= 4 is 16.9 Å². The zero-order valence-corrected chi connectivity index (χ0v) is 13.8. The lowest BCUT2D eigenvalue weighted by Gasteiger charge is -2.13. The van der Waals surface area contributed by atoms with Crippen LogP contribution >= 0.6 is 0 Å². The summed E-state index contributed by atoms with van der Waals surface area (Å²) in [5.41, 5.74) is 2.83. The van der Waals surface area contributed by atoms with Crippen LogP contribution in [-0.2, 0) is 0 Å². The number of pyridine rings is 1. The van der Waals surface area contributed by atoms with Crippen LogP contribution in [0.3, 0.4) is 0 Å². The third kappa shape index (κ3) is 2.39. The summed E-state index contributed by atoms with van der Waals surface area (Å²) < 4.78 is 3.46. The molecule has 3 aromatic heterocycles. The van der Waals surface area contributed by atoms with E-state index in [0.29, 0.717) is 11.6 Å². The monoisotopic (exact) mass is 332 g/mol. The fraction of sp³-hybridized carbons (Fsp3) is 0.105. The third-order valence-corrected chi connectivity index (χ3v) is 4.26. The van der Waals surface area contributed by atoms with E-state index in [4.69, 9.17) is 0 Å². The second kappa shape index (κ2) is 5.59. The van der Waals surface area contributed by atoms with Crippen molar-refractivity contribution in [2.75, 3.05) is 0 Å². The van der Waals surface area contributed by atoms with Gasteiger partial charge in [0, 0.05) is 16.8 Å². The first-order valence-corrected chi connectivity index (χ1v) is 7.89. The number of carboxylic acids is 1. The number of hydrogen-bond acceptors (Lipinski definition) is 3. The van der Waals surface area contributed by atoms with Gasteiger partial charge in [0.25, 0.3) is 0 Å². The molecule has 0 amide bonds. The van der Waals surface area contributed by atoms with Gasteiger partial charge >= 0.3 is 5.97 Å². The molecule has 0 atom stereocenters. The van der Waals surface area contributed by atoms with E-state index in [0.717, 1.165) is 22.3 Å². The molecule has 0 aliphatic rings. The molecule has 124 valence electrons. The molecular formula is C19H16N4O2. The van der Waals surface area contributed by atoms with E-state index >= 15 is 0 Å². The van der Waals surface area contributed by atoms with Gasteiger partial charge in [-0.25, -0.2) is 9.78 Å². The first-order valence-electron chi connectivity index (χ1n) is 7.89. The predicted octanol–water partition coefficient (Wildman–Crippen LogP) is 3.53. The smallest absolute Gasteiger partial charge is 0.341 e. The Hall–Kier alpha value is -3.41. The minimum absolute atomic E-state index is 0.136. The Labute approximate surface area is 144 Å². The summed E-state index contributed by atoms with van der Waals surface area (Å²) >= 11 is 0. The molecule has 1 N–H and O–H groups in total. The molecule has 0 spiro atoms. The van der Waals surface area contributed by atoms with Gasteiger partial charge in [0.2, 0.25) is 0 Å². The van der Waals surface area contributed by atoms with Gasteiger partial charge < -0.3 is 9.67 Å². The Morgan fingerprint density at radius 2 is 1.72 bits per heavy atom. The highest BCUT2D eigenvalue weighted by molar-refractivity contribution is 5.91. The van der Waals surface area contributed by atoms with Crippen molar-refractivity contribution in [2.24, 2.45) is 0 Å². The van der Waals surface area contributed by atoms with Crippen molar-refractivity contribution in [3.8, 4) is 11.6 Å². The maximum atomic E-state index is 11.7. The van der Waals surface area contributed by atoms with Gasteiger partial charge in [0.05, 0.1) is 11.7 Å². The maximum Gasteiger partial charge on any atom is 0.341 e. The average Bonchev–Trinajstić information content (AvgIpc) is 3.17. The Balaban J connectivity index is 2.00. The predicted molar refractivity (Wildman–Crippen MR) is 94.6 cm³/mol.